The fourth-order valence-corrected chi connectivity index (χ4v) is 3.66. The van der Waals surface area contributed by atoms with E-state index >= 15 is 0 Å². The number of ketones is 1. The van der Waals surface area contributed by atoms with Crippen molar-refractivity contribution in [1.29, 1.82) is 0 Å². The molecule has 2 nitrogen and oxygen atoms in total. The van der Waals surface area contributed by atoms with Gasteiger partial charge in [0.1, 0.15) is 0 Å². The first-order chi connectivity index (χ1) is 9.72. The number of piperidine rings is 1. The summed E-state index contributed by atoms with van der Waals surface area (Å²) in [5.41, 5.74) is 1.76. The van der Waals surface area contributed by atoms with Crippen LogP contribution in [0.5, 0.6) is 0 Å². The van der Waals surface area contributed by atoms with Gasteiger partial charge in [-0.05, 0) is 42.1 Å². The number of rotatable bonds is 2. The Labute approximate surface area is 138 Å². The standard InChI is InChI=1S/C16H15NOS2.ClH/c1-17-10-12(8-14-4-2-6-19-14)16(18)13(11-17)9-15-5-3-7-20-15;/h2-9H,10-11H2,1H3;1H. The molecule has 0 N–H and O–H groups in total. The lowest BCUT2D eigenvalue weighted by Gasteiger charge is -2.25. The highest BCUT2D eigenvalue weighted by molar-refractivity contribution is 7.11. The summed E-state index contributed by atoms with van der Waals surface area (Å²) in [7, 11) is 2.05. The van der Waals surface area contributed by atoms with Crippen molar-refractivity contribution in [2.24, 2.45) is 0 Å². The van der Waals surface area contributed by atoms with Crippen LogP contribution in [0, 0.1) is 0 Å². The van der Waals surface area contributed by atoms with Gasteiger partial charge in [-0.1, -0.05) is 12.1 Å². The number of Topliss-reactive ketones (excluding diaryl/α,β-unsaturated/α-hetero) is 1. The van der Waals surface area contributed by atoms with Crippen molar-refractivity contribution >= 4 is 53.0 Å². The van der Waals surface area contributed by atoms with Gasteiger partial charge in [-0.3, -0.25) is 9.69 Å². The maximum atomic E-state index is 12.6. The van der Waals surface area contributed by atoms with E-state index < -0.39 is 0 Å². The van der Waals surface area contributed by atoms with Crippen molar-refractivity contribution in [3.05, 3.63) is 55.9 Å². The highest BCUT2D eigenvalue weighted by atomic mass is 35.5. The number of hydrogen-bond acceptors (Lipinski definition) is 4. The molecule has 0 radical (unpaired) electrons. The van der Waals surface area contributed by atoms with E-state index in [1.807, 2.05) is 47.2 Å². The average Bonchev–Trinajstić information content (AvgIpc) is 3.08. The van der Waals surface area contributed by atoms with Crippen LogP contribution in [0.25, 0.3) is 12.2 Å². The van der Waals surface area contributed by atoms with Gasteiger partial charge in [0.05, 0.1) is 0 Å². The maximum Gasteiger partial charge on any atom is 0.187 e. The van der Waals surface area contributed by atoms with E-state index in [2.05, 4.69) is 11.9 Å². The molecule has 2 aromatic rings. The summed E-state index contributed by atoms with van der Waals surface area (Å²) in [6, 6.07) is 8.11. The van der Waals surface area contributed by atoms with E-state index in [1.54, 1.807) is 22.7 Å². The molecule has 0 unspecified atom stereocenters. The van der Waals surface area contributed by atoms with Gasteiger partial charge < -0.3 is 0 Å². The molecule has 1 aliphatic rings. The van der Waals surface area contributed by atoms with Crippen molar-refractivity contribution in [3.8, 4) is 0 Å². The van der Waals surface area contributed by atoms with Crippen LogP contribution in [0.15, 0.2) is 46.2 Å². The third kappa shape index (κ3) is 3.92. The summed E-state index contributed by atoms with van der Waals surface area (Å²) in [4.78, 5) is 17.0. The molecule has 1 fully saturated rings. The molecule has 0 aromatic carbocycles. The first kappa shape index (κ1) is 16.2. The zero-order chi connectivity index (χ0) is 13.9. The predicted octanol–water partition coefficient (Wildman–Crippen LogP) is 4.21. The largest absolute Gasteiger partial charge is 0.298 e. The van der Waals surface area contributed by atoms with E-state index in [0.29, 0.717) is 0 Å². The number of hydrogen-bond donors (Lipinski definition) is 0. The first-order valence-corrected chi connectivity index (χ1v) is 8.20. The smallest absolute Gasteiger partial charge is 0.187 e. The van der Waals surface area contributed by atoms with Gasteiger partial charge in [0.25, 0.3) is 0 Å². The Hall–Kier alpha value is -1.20. The van der Waals surface area contributed by atoms with E-state index in [1.165, 1.54) is 0 Å². The van der Waals surface area contributed by atoms with Gasteiger partial charge in [-0.25, -0.2) is 0 Å². The molecular weight excluding hydrogens is 322 g/mol. The fraction of sp³-hybridized carbons (Fsp3) is 0.188. The van der Waals surface area contributed by atoms with E-state index in [0.717, 1.165) is 34.0 Å². The molecule has 21 heavy (non-hydrogen) atoms. The first-order valence-electron chi connectivity index (χ1n) is 6.44. The van der Waals surface area contributed by atoms with Gasteiger partial charge in [-0.15, -0.1) is 35.1 Å². The Morgan fingerprint density at radius 3 is 1.86 bits per heavy atom. The predicted molar refractivity (Wildman–Crippen MR) is 94.3 cm³/mol. The van der Waals surface area contributed by atoms with Crippen molar-refractivity contribution in [2.45, 2.75) is 0 Å². The van der Waals surface area contributed by atoms with Gasteiger partial charge in [0.2, 0.25) is 0 Å². The zero-order valence-electron chi connectivity index (χ0n) is 11.6. The summed E-state index contributed by atoms with van der Waals surface area (Å²) in [6.07, 6.45) is 4.04. The normalized spacial score (nSPS) is 20.0. The molecule has 0 aliphatic carbocycles. The quantitative estimate of drug-likeness (QED) is 0.765. The lowest BCUT2D eigenvalue weighted by molar-refractivity contribution is -0.113. The highest BCUT2D eigenvalue weighted by Gasteiger charge is 2.23. The summed E-state index contributed by atoms with van der Waals surface area (Å²) in [6.45, 7) is 1.44. The number of thiophene rings is 2. The van der Waals surface area contributed by atoms with Crippen LogP contribution in [-0.2, 0) is 4.79 Å². The zero-order valence-corrected chi connectivity index (χ0v) is 14.1. The summed E-state index contributed by atoms with van der Waals surface area (Å²) >= 11 is 3.32. The fourth-order valence-electron chi connectivity index (χ4n) is 2.30. The molecule has 5 heteroatoms. The summed E-state index contributed by atoms with van der Waals surface area (Å²) in [5.74, 6) is 0.185. The molecule has 110 valence electrons. The molecule has 1 aliphatic heterocycles. The molecule has 0 saturated carbocycles. The monoisotopic (exact) mass is 337 g/mol. The SMILES string of the molecule is CN1CC(=Cc2cccs2)C(=O)C(=Cc2cccs2)C1.Cl. The number of nitrogens with zero attached hydrogens (tertiary/aromatic N) is 1. The Bertz CT molecular complexity index is 600. The number of carbonyl (C=O) groups is 1. The van der Waals surface area contributed by atoms with Crippen LogP contribution < -0.4 is 0 Å². The van der Waals surface area contributed by atoms with E-state index in [4.69, 9.17) is 0 Å². The molecule has 0 atom stereocenters. The third-order valence-electron chi connectivity index (χ3n) is 3.18. The molecule has 0 bridgehead atoms. The molecule has 1 saturated heterocycles. The number of likely N-dealkylation sites (tertiary alicyclic amines) is 1. The minimum Gasteiger partial charge on any atom is -0.298 e. The lowest BCUT2D eigenvalue weighted by atomic mass is 9.97. The van der Waals surface area contributed by atoms with Crippen LogP contribution in [0.1, 0.15) is 9.75 Å². The van der Waals surface area contributed by atoms with Gasteiger partial charge in [-0.2, -0.15) is 0 Å². The van der Waals surface area contributed by atoms with Crippen LogP contribution in [0.2, 0.25) is 0 Å². The van der Waals surface area contributed by atoms with Crippen LogP contribution >= 0.6 is 35.1 Å². The topological polar surface area (TPSA) is 20.3 Å². The minimum atomic E-state index is 0. The van der Waals surface area contributed by atoms with E-state index in [-0.39, 0.29) is 18.2 Å². The molecule has 0 amide bonds. The molecule has 2 aromatic heterocycles. The van der Waals surface area contributed by atoms with Crippen molar-refractivity contribution < 1.29 is 4.79 Å². The molecule has 0 spiro atoms. The second-order valence-corrected chi connectivity index (χ2v) is 6.83. The van der Waals surface area contributed by atoms with Gasteiger partial charge in [0, 0.05) is 34.0 Å². The highest BCUT2D eigenvalue weighted by Crippen LogP contribution is 2.23. The van der Waals surface area contributed by atoms with Crippen LogP contribution in [0.3, 0.4) is 0 Å². The second kappa shape index (κ2) is 7.18. The Morgan fingerprint density at radius 2 is 1.48 bits per heavy atom. The number of carbonyl (C=O) groups excluding carboxylic acids is 1. The summed E-state index contributed by atoms with van der Waals surface area (Å²) < 4.78 is 0. The maximum absolute atomic E-state index is 12.6. The van der Waals surface area contributed by atoms with Crippen molar-refractivity contribution in [1.82, 2.24) is 4.90 Å². The third-order valence-corrected chi connectivity index (χ3v) is 4.82. The number of likely N-dealkylation sites (N-methyl/N-ethyl adjacent to an activating group) is 1. The average molecular weight is 338 g/mol. The lowest BCUT2D eigenvalue weighted by Crippen LogP contribution is -2.34. The van der Waals surface area contributed by atoms with Gasteiger partial charge >= 0.3 is 0 Å². The van der Waals surface area contributed by atoms with Crippen molar-refractivity contribution in [3.63, 3.8) is 0 Å². The minimum absolute atomic E-state index is 0. The summed E-state index contributed by atoms with van der Waals surface area (Å²) in [5, 5.41) is 4.07. The van der Waals surface area contributed by atoms with Gasteiger partial charge in [0.15, 0.2) is 5.78 Å². The molecule has 3 rings (SSSR count). The Kier molecular flexibility index (Phi) is 5.53. The van der Waals surface area contributed by atoms with Crippen LogP contribution in [-0.4, -0.2) is 30.8 Å². The Morgan fingerprint density at radius 1 is 1.00 bits per heavy atom. The molecular formula is C16H16ClNOS2. The van der Waals surface area contributed by atoms with Crippen LogP contribution in [0.4, 0.5) is 0 Å². The Balaban J connectivity index is 0.00000161. The number of halogens is 1. The van der Waals surface area contributed by atoms with Crippen molar-refractivity contribution in [2.75, 3.05) is 20.1 Å². The van der Waals surface area contributed by atoms with E-state index in [9.17, 15) is 4.79 Å². The second-order valence-electron chi connectivity index (χ2n) is 4.87. The molecule has 3 heterocycles.